The van der Waals surface area contributed by atoms with E-state index in [1.165, 1.54) is 0 Å². The van der Waals surface area contributed by atoms with Gasteiger partial charge >= 0.3 is 0 Å². The van der Waals surface area contributed by atoms with E-state index in [1.54, 1.807) is 0 Å². The molecule has 1 aliphatic heterocycles. The van der Waals surface area contributed by atoms with Crippen molar-refractivity contribution in [2.24, 2.45) is 11.8 Å². The van der Waals surface area contributed by atoms with E-state index in [1.807, 2.05) is 60.4 Å². The Labute approximate surface area is 168 Å². The van der Waals surface area contributed by atoms with Gasteiger partial charge in [-0.25, -0.2) is 0 Å². The lowest BCUT2D eigenvalue weighted by Gasteiger charge is -2.25. The summed E-state index contributed by atoms with van der Waals surface area (Å²) in [6.07, 6.45) is 1.55. The maximum atomic E-state index is 12.6. The number of hydrogen-bond acceptors (Lipinski definition) is 3. The SMILES string of the molecule is CCC(CC)COc1cccc([C@H](O)[C@H](C)CN2Cc3ccccc3C2=O)c1. The first-order chi connectivity index (χ1) is 13.5. The number of aliphatic hydroxyl groups excluding tert-OH is 1. The van der Waals surface area contributed by atoms with Gasteiger partial charge in [-0.1, -0.05) is 63.9 Å². The first-order valence-electron chi connectivity index (χ1n) is 10.3. The molecule has 3 rings (SSSR count). The van der Waals surface area contributed by atoms with Crippen molar-refractivity contribution in [1.29, 1.82) is 0 Å². The second-order valence-corrected chi connectivity index (χ2v) is 7.83. The Morgan fingerprint density at radius 2 is 1.86 bits per heavy atom. The molecule has 0 saturated carbocycles. The van der Waals surface area contributed by atoms with Crippen LogP contribution in [0.5, 0.6) is 5.75 Å². The zero-order valence-corrected chi connectivity index (χ0v) is 17.1. The van der Waals surface area contributed by atoms with Crippen LogP contribution in [-0.4, -0.2) is 29.1 Å². The van der Waals surface area contributed by atoms with Gasteiger partial charge in [-0.2, -0.15) is 0 Å². The second kappa shape index (κ2) is 9.24. The van der Waals surface area contributed by atoms with Crippen LogP contribution < -0.4 is 4.74 Å². The summed E-state index contributed by atoms with van der Waals surface area (Å²) in [5.74, 6) is 1.32. The van der Waals surface area contributed by atoms with Gasteiger partial charge in [0, 0.05) is 24.6 Å². The number of benzene rings is 2. The highest BCUT2D eigenvalue weighted by molar-refractivity contribution is 5.98. The standard InChI is InChI=1S/C24H31NO3/c1-4-18(5-2)16-28-21-11-8-10-19(13-21)23(26)17(3)14-25-15-20-9-6-7-12-22(20)24(25)27/h6-13,17-18,23,26H,4-5,14-16H2,1-3H3/t17-,23-/m1/s1. The third-order valence-corrected chi connectivity index (χ3v) is 5.78. The van der Waals surface area contributed by atoms with E-state index in [4.69, 9.17) is 4.74 Å². The Morgan fingerprint density at radius 3 is 2.57 bits per heavy atom. The molecule has 0 saturated heterocycles. The number of aliphatic hydroxyl groups is 1. The molecule has 0 spiro atoms. The number of nitrogens with zero attached hydrogens (tertiary/aromatic N) is 1. The lowest BCUT2D eigenvalue weighted by atomic mass is 9.96. The van der Waals surface area contributed by atoms with E-state index in [0.29, 0.717) is 25.6 Å². The van der Waals surface area contributed by atoms with Crippen molar-refractivity contribution in [3.05, 3.63) is 65.2 Å². The quantitative estimate of drug-likeness (QED) is 0.677. The number of rotatable bonds is 9. The molecule has 0 fully saturated rings. The average molecular weight is 382 g/mol. The predicted molar refractivity (Wildman–Crippen MR) is 111 cm³/mol. The molecule has 28 heavy (non-hydrogen) atoms. The van der Waals surface area contributed by atoms with Crippen LogP contribution in [0.2, 0.25) is 0 Å². The summed E-state index contributed by atoms with van der Waals surface area (Å²) in [7, 11) is 0. The highest BCUT2D eigenvalue weighted by Crippen LogP contribution is 2.29. The van der Waals surface area contributed by atoms with Gasteiger partial charge in [-0.15, -0.1) is 0 Å². The molecule has 1 N–H and O–H groups in total. The summed E-state index contributed by atoms with van der Waals surface area (Å²) < 4.78 is 5.94. The van der Waals surface area contributed by atoms with E-state index in [2.05, 4.69) is 13.8 Å². The normalized spacial score (nSPS) is 15.6. The van der Waals surface area contributed by atoms with Crippen LogP contribution in [0.15, 0.2) is 48.5 Å². The van der Waals surface area contributed by atoms with Crippen LogP contribution in [-0.2, 0) is 6.54 Å². The lowest BCUT2D eigenvalue weighted by Crippen LogP contribution is -2.31. The van der Waals surface area contributed by atoms with Crippen molar-refractivity contribution >= 4 is 5.91 Å². The molecule has 4 heteroatoms. The molecule has 0 radical (unpaired) electrons. The molecule has 0 unspecified atom stereocenters. The van der Waals surface area contributed by atoms with Crippen molar-refractivity contribution in [2.45, 2.75) is 46.3 Å². The van der Waals surface area contributed by atoms with Crippen LogP contribution in [0.1, 0.15) is 61.2 Å². The lowest BCUT2D eigenvalue weighted by molar-refractivity contribution is 0.0623. The predicted octanol–water partition coefficient (Wildman–Crippen LogP) is 4.83. The Balaban J connectivity index is 1.61. The van der Waals surface area contributed by atoms with Crippen molar-refractivity contribution in [2.75, 3.05) is 13.2 Å². The van der Waals surface area contributed by atoms with E-state index >= 15 is 0 Å². The molecule has 0 aromatic heterocycles. The van der Waals surface area contributed by atoms with Gasteiger partial charge in [0.15, 0.2) is 0 Å². The summed E-state index contributed by atoms with van der Waals surface area (Å²) in [5.41, 5.74) is 2.67. The van der Waals surface area contributed by atoms with Crippen molar-refractivity contribution < 1.29 is 14.6 Å². The van der Waals surface area contributed by atoms with Crippen LogP contribution >= 0.6 is 0 Å². The summed E-state index contributed by atoms with van der Waals surface area (Å²) in [4.78, 5) is 14.4. The molecule has 2 atom stereocenters. The van der Waals surface area contributed by atoms with Crippen LogP contribution in [0.3, 0.4) is 0 Å². The van der Waals surface area contributed by atoms with Crippen LogP contribution in [0.4, 0.5) is 0 Å². The van der Waals surface area contributed by atoms with Crippen molar-refractivity contribution in [3.8, 4) is 5.75 Å². The average Bonchev–Trinajstić information content (AvgIpc) is 3.04. The fourth-order valence-corrected chi connectivity index (χ4v) is 3.76. The molecular formula is C24H31NO3. The molecule has 2 aromatic rings. The monoisotopic (exact) mass is 381 g/mol. The van der Waals surface area contributed by atoms with Crippen molar-refractivity contribution in [3.63, 3.8) is 0 Å². The minimum Gasteiger partial charge on any atom is -0.493 e. The van der Waals surface area contributed by atoms with Gasteiger partial charge in [0.2, 0.25) is 0 Å². The Kier molecular flexibility index (Phi) is 6.74. The number of carbonyl (C=O) groups is 1. The summed E-state index contributed by atoms with van der Waals surface area (Å²) in [6.45, 7) is 8.17. The molecular weight excluding hydrogens is 350 g/mol. The largest absolute Gasteiger partial charge is 0.493 e. The Morgan fingerprint density at radius 1 is 1.11 bits per heavy atom. The van der Waals surface area contributed by atoms with Gasteiger partial charge < -0.3 is 14.7 Å². The van der Waals surface area contributed by atoms with E-state index in [0.717, 1.165) is 35.3 Å². The van der Waals surface area contributed by atoms with E-state index in [-0.39, 0.29) is 11.8 Å². The van der Waals surface area contributed by atoms with Crippen LogP contribution in [0.25, 0.3) is 0 Å². The molecule has 1 amide bonds. The van der Waals surface area contributed by atoms with Gasteiger partial charge in [-0.3, -0.25) is 4.79 Å². The third kappa shape index (κ3) is 4.56. The highest BCUT2D eigenvalue weighted by atomic mass is 16.5. The van der Waals surface area contributed by atoms with Crippen molar-refractivity contribution in [1.82, 2.24) is 4.90 Å². The maximum absolute atomic E-state index is 12.6. The number of amides is 1. The Bertz CT molecular complexity index is 800. The minimum atomic E-state index is -0.645. The first-order valence-corrected chi connectivity index (χ1v) is 10.3. The van der Waals surface area contributed by atoms with E-state index in [9.17, 15) is 9.90 Å². The number of fused-ring (bicyclic) bond motifs is 1. The minimum absolute atomic E-state index is 0.0527. The van der Waals surface area contributed by atoms with Gasteiger partial charge in [0.25, 0.3) is 5.91 Å². The van der Waals surface area contributed by atoms with Gasteiger partial charge in [0.05, 0.1) is 12.7 Å². The molecule has 4 nitrogen and oxygen atoms in total. The fourth-order valence-electron chi connectivity index (χ4n) is 3.76. The zero-order chi connectivity index (χ0) is 20.1. The smallest absolute Gasteiger partial charge is 0.254 e. The first kappa shape index (κ1) is 20.4. The zero-order valence-electron chi connectivity index (χ0n) is 17.1. The number of ether oxygens (including phenoxy) is 1. The highest BCUT2D eigenvalue weighted by Gasteiger charge is 2.29. The molecule has 2 aromatic carbocycles. The molecule has 0 bridgehead atoms. The summed E-state index contributed by atoms with van der Waals surface area (Å²) >= 11 is 0. The van der Waals surface area contributed by atoms with E-state index < -0.39 is 6.10 Å². The van der Waals surface area contributed by atoms with Crippen LogP contribution in [0, 0.1) is 11.8 Å². The number of hydrogen-bond donors (Lipinski definition) is 1. The third-order valence-electron chi connectivity index (χ3n) is 5.78. The summed E-state index contributed by atoms with van der Waals surface area (Å²) in [6, 6.07) is 15.4. The van der Waals surface area contributed by atoms with Gasteiger partial charge in [-0.05, 0) is 35.2 Å². The molecule has 1 heterocycles. The van der Waals surface area contributed by atoms with Gasteiger partial charge in [0.1, 0.15) is 5.75 Å². The molecule has 1 aliphatic rings. The topological polar surface area (TPSA) is 49.8 Å². The second-order valence-electron chi connectivity index (χ2n) is 7.83. The molecule has 0 aliphatic carbocycles. The maximum Gasteiger partial charge on any atom is 0.254 e. The molecule has 150 valence electrons. The summed E-state index contributed by atoms with van der Waals surface area (Å²) in [5, 5.41) is 10.9. The Hall–Kier alpha value is -2.33. The fraction of sp³-hybridized carbons (Fsp3) is 0.458. The number of carbonyl (C=O) groups excluding carboxylic acids is 1.